The van der Waals surface area contributed by atoms with Crippen LogP contribution in [0.15, 0.2) is 52.3 Å². The maximum atomic E-state index is 11.6. The van der Waals surface area contributed by atoms with Crippen molar-refractivity contribution in [2.45, 2.75) is 87.3 Å². The Kier molecular flexibility index (Phi) is 10.8. The summed E-state index contributed by atoms with van der Waals surface area (Å²) in [6, 6.07) is 9.46. The van der Waals surface area contributed by atoms with Crippen molar-refractivity contribution in [3.63, 3.8) is 0 Å². The third-order valence-corrected chi connectivity index (χ3v) is 7.16. The monoisotopic (exact) mass is 498 g/mol. The van der Waals surface area contributed by atoms with E-state index < -0.39 is 20.2 Å². The van der Waals surface area contributed by atoms with Gasteiger partial charge in [0.25, 0.3) is 20.2 Å². The number of rotatable bonds is 15. The third kappa shape index (κ3) is 9.83. The molecule has 0 aromatic heterocycles. The van der Waals surface area contributed by atoms with Crippen LogP contribution in [-0.4, -0.2) is 25.9 Å². The number of hydrogen-bond acceptors (Lipinski definition) is 5. The average molecular weight is 499 g/mol. The van der Waals surface area contributed by atoms with E-state index in [9.17, 15) is 25.9 Å². The first-order chi connectivity index (χ1) is 15.6. The minimum atomic E-state index is -4.38. The fourth-order valence-corrected chi connectivity index (χ4v) is 4.69. The van der Waals surface area contributed by atoms with E-state index in [0.717, 1.165) is 19.3 Å². The molecule has 2 rings (SSSR count). The molecule has 0 bridgehead atoms. The maximum absolute atomic E-state index is 11.6. The van der Waals surface area contributed by atoms with Gasteiger partial charge in [-0.15, -0.1) is 0 Å². The fraction of sp³-hybridized carbons (Fsp3) is 0.500. The number of benzene rings is 2. The molecule has 0 fully saturated rings. The highest BCUT2D eigenvalue weighted by Crippen LogP contribution is 2.30. The van der Waals surface area contributed by atoms with Crippen molar-refractivity contribution in [1.82, 2.24) is 0 Å². The zero-order valence-corrected chi connectivity index (χ0v) is 20.7. The first-order valence-corrected chi connectivity index (χ1v) is 14.3. The lowest BCUT2D eigenvalue weighted by Gasteiger charge is -2.13. The number of aryl methyl sites for hydroxylation is 1. The van der Waals surface area contributed by atoms with Crippen molar-refractivity contribution in [2.24, 2.45) is 0 Å². The molecule has 0 atom stereocenters. The molecule has 0 spiro atoms. The normalized spacial score (nSPS) is 12.1. The summed E-state index contributed by atoms with van der Waals surface area (Å²) in [6.07, 6.45) is 12.2. The molecule has 0 heterocycles. The molecule has 0 aliphatic rings. The summed E-state index contributed by atoms with van der Waals surface area (Å²) in [6.45, 7) is 2.21. The van der Waals surface area contributed by atoms with Gasteiger partial charge < -0.3 is 4.74 Å². The molecule has 0 saturated carbocycles. The van der Waals surface area contributed by atoms with Gasteiger partial charge in [0.1, 0.15) is 11.5 Å². The van der Waals surface area contributed by atoms with Gasteiger partial charge in [0.2, 0.25) is 0 Å². The van der Waals surface area contributed by atoms with Crippen molar-refractivity contribution in [2.75, 3.05) is 0 Å². The lowest BCUT2D eigenvalue weighted by molar-refractivity contribution is 0.464. The SMILES string of the molecule is CCCCCCCCCCCCc1cc(S(=O)(=O)O)ccc1Oc1cccc(S(=O)(=O)O)c1. The largest absolute Gasteiger partial charge is 0.457 e. The van der Waals surface area contributed by atoms with Crippen LogP contribution >= 0.6 is 0 Å². The Morgan fingerprint density at radius 1 is 0.697 bits per heavy atom. The molecule has 0 saturated heterocycles. The second-order valence-corrected chi connectivity index (χ2v) is 11.1. The molecule has 0 radical (unpaired) electrons. The predicted molar refractivity (Wildman–Crippen MR) is 128 cm³/mol. The van der Waals surface area contributed by atoms with Crippen molar-refractivity contribution >= 4 is 20.2 Å². The summed E-state index contributed by atoms with van der Waals surface area (Å²) < 4.78 is 70.4. The van der Waals surface area contributed by atoms with Crippen LogP contribution in [0.25, 0.3) is 0 Å². The Hall–Kier alpha value is -1.94. The Labute approximate surface area is 197 Å². The quantitative estimate of drug-likeness (QED) is 0.214. The van der Waals surface area contributed by atoms with E-state index in [4.69, 9.17) is 4.74 Å². The van der Waals surface area contributed by atoms with E-state index in [1.807, 2.05) is 0 Å². The molecule has 9 heteroatoms. The topological polar surface area (TPSA) is 118 Å². The van der Waals surface area contributed by atoms with E-state index >= 15 is 0 Å². The minimum Gasteiger partial charge on any atom is -0.457 e. The lowest BCUT2D eigenvalue weighted by Crippen LogP contribution is -2.02. The fourth-order valence-electron chi connectivity index (χ4n) is 3.64. The number of unbranched alkanes of at least 4 members (excludes halogenated alkanes) is 9. The first-order valence-electron chi connectivity index (χ1n) is 11.5. The van der Waals surface area contributed by atoms with Crippen molar-refractivity contribution in [3.05, 3.63) is 48.0 Å². The van der Waals surface area contributed by atoms with Crippen molar-refractivity contribution < 1.29 is 30.7 Å². The van der Waals surface area contributed by atoms with Crippen LogP contribution in [0.3, 0.4) is 0 Å². The Morgan fingerprint density at radius 3 is 1.82 bits per heavy atom. The molecule has 2 aromatic rings. The van der Waals surface area contributed by atoms with Crippen LogP contribution in [0.5, 0.6) is 11.5 Å². The van der Waals surface area contributed by atoms with Gasteiger partial charge >= 0.3 is 0 Å². The zero-order chi connectivity index (χ0) is 24.3. The Morgan fingerprint density at radius 2 is 1.24 bits per heavy atom. The molecule has 2 aromatic carbocycles. The second kappa shape index (κ2) is 13.1. The molecular weight excluding hydrogens is 464 g/mol. The molecule has 0 aliphatic heterocycles. The highest BCUT2D eigenvalue weighted by Gasteiger charge is 2.15. The van der Waals surface area contributed by atoms with E-state index in [1.54, 1.807) is 0 Å². The highest BCUT2D eigenvalue weighted by molar-refractivity contribution is 7.86. The molecule has 0 amide bonds. The second-order valence-electron chi connectivity index (χ2n) is 8.23. The molecule has 33 heavy (non-hydrogen) atoms. The average Bonchev–Trinajstić information content (AvgIpc) is 2.75. The smallest absolute Gasteiger partial charge is 0.294 e. The summed E-state index contributed by atoms with van der Waals surface area (Å²) in [5.74, 6) is 0.555. The van der Waals surface area contributed by atoms with E-state index in [2.05, 4.69) is 6.92 Å². The number of hydrogen-bond donors (Lipinski definition) is 2. The Bertz CT molecular complexity index is 1090. The lowest BCUT2D eigenvalue weighted by atomic mass is 10.0. The van der Waals surface area contributed by atoms with Crippen LogP contribution in [0.1, 0.15) is 76.7 Å². The molecule has 0 aliphatic carbocycles. The van der Waals surface area contributed by atoms with Crippen molar-refractivity contribution in [3.8, 4) is 11.5 Å². The van der Waals surface area contributed by atoms with Gasteiger partial charge in [-0.3, -0.25) is 9.11 Å². The molecular formula is C24H34O7S2. The van der Waals surface area contributed by atoms with Gasteiger partial charge in [-0.05, 0) is 48.7 Å². The predicted octanol–water partition coefficient (Wildman–Crippen LogP) is 6.44. The third-order valence-electron chi connectivity index (χ3n) is 5.46. The van der Waals surface area contributed by atoms with Crippen LogP contribution < -0.4 is 4.74 Å². The minimum absolute atomic E-state index is 0.189. The van der Waals surface area contributed by atoms with E-state index in [1.165, 1.54) is 87.4 Å². The summed E-state index contributed by atoms with van der Waals surface area (Å²) in [4.78, 5) is -0.519. The summed E-state index contributed by atoms with van der Waals surface area (Å²) in [5, 5.41) is 0. The Balaban J connectivity index is 2.01. The molecule has 7 nitrogen and oxygen atoms in total. The highest BCUT2D eigenvalue weighted by atomic mass is 32.2. The van der Waals surface area contributed by atoms with Gasteiger partial charge in [0.05, 0.1) is 9.79 Å². The first kappa shape index (κ1) is 27.3. The van der Waals surface area contributed by atoms with Gasteiger partial charge in [-0.2, -0.15) is 16.8 Å². The van der Waals surface area contributed by atoms with Gasteiger partial charge in [0, 0.05) is 6.07 Å². The van der Waals surface area contributed by atoms with E-state index in [0.29, 0.717) is 17.7 Å². The maximum Gasteiger partial charge on any atom is 0.294 e. The summed E-state index contributed by atoms with van der Waals surface area (Å²) in [7, 11) is -8.74. The van der Waals surface area contributed by atoms with Crippen molar-refractivity contribution in [1.29, 1.82) is 0 Å². The van der Waals surface area contributed by atoms with Gasteiger partial charge in [0.15, 0.2) is 0 Å². The zero-order valence-electron chi connectivity index (χ0n) is 19.1. The summed E-state index contributed by atoms with van der Waals surface area (Å²) in [5.41, 5.74) is 0.599. The van der Waals surface area contributed by atoms with Gasteiger partial charge in [-0.25, -0.2) is 0 Å². The number of ether oxygens (including phenoxy) is 1. The van der Waals surface area contributed by atoms with Gasteiger partial charge in [-0.1, -0.05) is 70.8 Å². The molecule has 0 unspecified atom stereocenters. The van der Waals surface area contributed by atoms with Crippen LogP contribution in [-0.2, 0) is 26.7 Å². The molecule has 184 valence electrons. The summed E-state index contributed by atoms with van der Waals surface area (Å²) >= 11 is 0. The van der Waals surface area contributed by atoms with Crippen LogP contribution in [0, 0.1) is 0 Å². The van der Waals surface area contributed by atoms with Crippen LogP contribution in [0.4, 0.5) is 0 Å². The molecule has 2 N–H and O–H groups in total. The van der Waals surface area contributed by atoms with E-state index in [-0.39, 0.29) is 15.5 Å². The van der Waals surface area contributed by atoms with Crippen LogP contribution in [0.2, 0.25) is 0 Å². The standard InChI is InChI=1S/C24H34O7S2/c1-2-3-4-5-6-7-8-9-10-11-13-20-18-23(33(28,29)30)16-17-24(20)31-21-14-12-15-22(19-21)32(25,26)27/h12,14-19H,2-11,13H2,1H3,(H,25,26,27)(H,28,29,30).